The number of hydrogen-bond acceptors (Lipinski definition) is 4. The molecule has 0 bridgehead atoms. The Kier molecular flexibility index (Phi) is 23.2. The van der Waals surface area contributed by atoms with E-state index in [-0.39, 0.29) is 24.1 Å². The molecule has 0 spiro atoms. The van der Waals surface area contributed by atoms with E-state index in [0.717, 1.165) is 53.4 Å². The molecule has 1 aliphatic heterocycles. The number of anilines is 1. The molecule has 9 nitrogen and oxygen atoms in total. The van der Waals surface area contributed by atoms with Crippen LogP contribution in [0.2, 0.25) is 0 Å². The first-order valence-electron chi connectivity index (χ1n) is 20.5. The van der Waals surface area contributed by atoms with Crippen molar-refractivity contribution in [3.63, 3.8) is 0 Å². The Hall–Kier alpha value is -5.70. The van der Waals surface area contributed by atoms with Crippen molar-refractivity contribution in [2.24, 2.45) is 0 Å². The number of aromatic amines is 1. The number of fused-ring (bicyclic) bond motifs is 1. The number of unbranched alkanes of at least 4 members (excludes halogenated alkanes) is 1. The summed E-state index contributed by atoms with van der Waals surface area (Å²) < 4.78 is 0. The van der Waals surface area contributed by atoms with Gasteiger partial charge in [0.1, 0.15) is 12.1 Å². The molecule has 3 aromatic rings. The SMILES string of the molecule is C1=CC=CCC=C1.CC.CCCC.C\C=C(/C=C\C=C\NC(=O)C1CCCN1C=O)c1cc2ccc(NC(=O)C(CCC)N(C)C(=O)Cc3ccccc3)cc2[nH]1. The van der Waals surface area contributed by atoms with E-state index in [1.54, 1.807) is 24.2 Å². The van der Waals surface area contributed by atoms with Gasteiger partial charge in [0.2, 0.25) is 24.1 Å². The Bertz CT molecular complexity index is 1830. The maximum atomic E-state index is 13.3. The van der Waals surface area contributed by atoms with Gasteiger partial charge in [0.25, 0.3) is 0 Å². The van der Waals surface area contributed by atoms with Crippen LogP contribution in [0.3, 0.4) is 0 Å². The van der Waals surface area contributed by atoms with E-state index in [2.05, 4.69) is 53.8 Å². The van der Waals surface area contributed by atoms with Gasteiger partial charge in [-0.2, -0.15) is 0 Å². The zero-order valence-electron chi connectivity index (χ0n) is 35.2. The Morgan fingerprint density at radius 3 is 2.26 bits per heavy atom. The minimum atomic E-state index is -0.578. The van der Waals surface area contributed by atoms with Crippen LogP contribution < -0.4 is 10.6 Å². The first-order chi connectivity index (χ1) is 27.8. The predicted molar refractivity (Wildman–Crippen MR) is 238 cm³/mol. The fourth-order valence-electron chi connectivity index (χ4n) is 5.93. The number of nitrogens with zero attached hydrogens (tertiary/aromatic N) is 2. The van der Waals surface area contributed by atoms with Gasteiger partial charge >= 0.3 is 0 Å². The maximum absolute atomic E-state index is 13.3. The van der Waals surface area contributed by atoms with Gasteiger partial charge in [-0.25, -0.2) is 0 Å². The molecule has 2 heterocycles. The lowest BCUT2D eigenvalue weighted by atomic mass is 10.1. The molecule has 57 heavy (non-hydrogen) atoms. The summed E-state index contributed by atoms with van der Waals surface area (Å²) in [5, 5.41) is 6.75. The molecule has 1 aromatic heterocycles. The smallest absolute Gasteiger partial charge is 0.247 e. The molecule has 1 fully saturated rings. The van der Waals surface area contributed by atoms with Crippen LogP contribution in [-0.2, 0) is 25.6 Å². The standard InChI is InChI=1S/C35H41N5O4.C7H8.C4H10.C2H6/c1-4-12-31(39(3)33(42)21-25-13-7-6-8-14-25)35(44)37-28-18-17-27-22-29(38-30(27)23-28)26(5-2)15-9-10-19-36-34(43)32-16-11-20-40(32)24-41;1-2-4-6-7-5-3-1;1-3-4-2;1-2/h5-10,13-15,17-19,22-24,31-32,38H,4,11-12,16,20-21H2,1-3H3,(H,36,43)(H,37,44);1-6H,7H2;3-4H2,1-2H3;1-2H3/b15-9-,19-10+,26-5+;;;. The number of aromatic nitrogens is 1. The van der Waals surface area contributed by atoms with Gasteiger partial charge in [-0.15, -0.1) is 0 Å². The highest BCUT2D eigenvalue weighted by Crippen LogP contribution is 2.25. The van der Waals surface area contributed by atoms with E-state index in [1.165, 1.54) is 17.7 Å². The van der Waals surface area contributed by atoms with Crippen LogP contribution in [0.1, 0.15) is 97.7 Å². The van der Waals surface area contributed by atoms with Gasteiger partial charge in [0.05, 0.1) is 6.42 Å². The zero-order valence-corrected chi connectivity index (χ0v) is 35.2. The fraction of sp³-hybridized carbons (Fsp3) is 0.375. The van der Waals surface area contributed by atoms with E-state index in [9.17, 15) is 19.2 Å². The highest BCUT2D eigenvalue weighted by molar-refractivity contribution is 5.99. The molecule has 1 saturated heterocycles. The normalized spacial score (nSPS) is 15.1. The van der Waals surface area contributed by atoms with E-state index in [0.29, 0.717) is 25.1 Å². The summed E-state index contributed by atoms with van der Waals surface area (Å²) in [6.07, 6.45) is 29.0. The zero-order chi connectivity index (χ0) is 41.8. The van der Waals surface area contributed by atoms with E-state index in [1.807, 2.05) is 113 Å². The summed E-state index contributed by atoms with van der Waals surface area (Å²) in [4.78, 5) is 56.2. The summed E-state index contributed by atoms with van der Waals surface area (Å²) >= 11 is 0. The van der Waals surface area contributed by atoms with Crippen LogP contribution in [0, 0.1) is 0 Å². The first kappa shape index (κ1) is 47.5. The largest absolute Gasteiger partial charge is 0.354 e. The lowest BCUT2D eigenvalue weighted by Crippen LogP contribution is -2.45. The maximum Gasteiger partial charge on any atom is 0.247 e. The molecule has 1 aliphatic carbocycles. The van der Waals surface area contributed by atoms with Crippen LogP contribution in [0.25, 0.3) is 16.5 Å². The molecule has 2 atom stereocenters. The molecule has 306 valence electrons. The van der Waals surface area contributed by atoms with Crippen LogP contribution in [0.15, 0.2) is 122 Å². The highest BCUT2D eigenvalue weighted by Gasteiger charge is 2.29. The third-order valence-corrected chi connectivity index (χ3v) is 9.25. The number of amides is 4. The van der Waals surface area contributed by atoms with Crippen LogP contribution in [0.5, 0.6) is 0 Å². The average molecular weight is 776 g/mol. The second kappa shape index (κ2) is 27.8. The number of allylic oxidation sites excluding steroid dienone is 11. The summed E-state index contributed by atoms with van der Waals surface area (Å²) in [6, 6.07) is 16.3. The topological polar surface area (TPSA) is 115 Å². The monoisotopic (exact) mass is 776 g/mol. The molecule has 0 radical (unpaired) electrons. The summed E-state index contributed by atoms with van der Waals surface area (Å²) in [5.74, 6) is -0.503. The van der Waals surface area contributed by atoms with Gasteiger partial charge in [-0.05, 0) is 68.0 Å². The quantitative estimate of drug-likeness (QED) is 0.112. The van der Waals surface area contributed by atoms with Crippen molar-refractivity contribution < 1.29 is 19.2 Å². The number of nitrogens with one attached hydrogen (secondary N) is 3. The first-order valence-corrected chi connectivity index (χ1v) is 20.5. The van der Waals surface area contributed by atoms with Gasteiger partial charge < -0.3 is 25.4 Å². The predicted octanol–water partition coefficient (Wildman–Crippen LogP) is 10.1. The summed E-state index contributed by atoms with van der Waals surface area (Å²) in [5.41, 5.74) is 4.28. The Morgan fingerprint density at radius 1 is 0.930 bits per heavy atom. The number of H-pyrrole nitrogens is 1. The van der Waals surface area contributed by atoms with Crippen LogP contribution >= 0.6 is 0 Å². The molecule has 5 rings (SSSR count). The van der Waals surface area contributed by atoms with E-state index in [4.69, 9.17) is 0 Å². The highest BCUT2D eigenvalue weighted by atomic mass is 16.2. The van der Waals surface area contributed by atoms with Crippen molar-refractivity contribution >= 4 is 46.3 Å². The number of benzene rings is 2. The van der Waals surface area contributed by atoms with Crippen molar-refractivity contribution in [1.29, 1.82) is 0 Å². The second-order valence-electron chi connectivity index (χ2n) is 13.4. The number of carbonyl (C=O) groups excluding carboxylic acids is 4. The minimum absolute atomic E-state index is 0.100. The van der Waals surface area contributed by atoms with Crippen molar-refractivity contribution in [2.45, 2.75) is 105 Å². The van der Waals surface area contributed by atoms with Gasteiger partial charge in [0, 0.05) is 42.1 Å². The number of likely N-dealkylation sites (N-methyl/N-ethyl adjacent to an activating group) is 1. The Labute approximate surface area is 341 Å². The molecular formula is C48H65N5O4. The van der Waals surface area contributed by atoms with Crippen molar-refractivity contribution in [3.05, 3.63) is 133 Å². The molecule has 4 amide bonds. The number of hydrogen-bond donors (Lipinski definition) is 3. The van der Waals surface area contributed by atoms with Crippen LogP contribution in [0.4, 0.5) is 5.69 Å². The third kappa shape index (κ3) is 16.5. The second-order valence-corrected chi connectivity index (χ2v) is 13.4. The fourth-order valence-corrected chi connectivity index (χ4v) is 5.93. The number of carbonyl (C=O) groups is 4. The molecule has 2 aromatic carbocycles. The molecule has 9 heteroatoms. The van der Waals surface area contributed by atoms with E-state index < -0.39 is 12.1 Å². The third-order valence-electron chi connectivity index (χ3n) is 9.25. The van der Waals surface area contributed by atoms with Crippen molar-refractivity contribution in [3.8, 4) is 0 Å². The lowest BCUT2D eigenvalue weighted by Gasteiger charge is -2.27. The molecular weight excluding hydrogens is 711 g/mol. The van der Waals surface area contributed by atoms with Crippen molar-refractivity contribution in [1.82, 2.24) is 20.1 Å². The molecule has 2 unspecified atom stereocenters. The van der Waals surface area contributed by atoms with E-state index >= 15 is 0 Å². The number of likely N-dealkylation sites (tertiary alicyclic amines) is 1. The molecule has 3 N–H and O–H groups in total. The molecule has 2 aliphatic rings. The number of rotatable bonds is 14. The Balaban J connectivity index is 0.000000740. The van der Waals surface area contributed by atoms with Crippen LogP contribution in [-0.4, -0.2) is 64.6 Å². The van der Waals surface area contributed by atoms with Gasteiger partial charge in [-0.3, -0.25) is 19.2 Å². The average Bonchev–Trinajstić information content (AvgIpc) is 3.79. The Morgan fingerprint density at radius 2 is 1.63 bits per heavy atom. The summed E-state index contributed by atoms with van der Waals surface area (Å²) in [6.45, 7) is 12.9. The lowest BCUT2D eigenvalue weighted by molar-refractivity contribution is -0.136. The minimum Gasteiger partial charge on any atom is -0.354 e. The van der Waals surface area contributed by atoms with Gasteiger partial charge in [-0.1, -0.05) is 145 Å². The van der Waals surface area contributed by atoms with Crippen molar-refractivity contribution in [2.75, 3.05) is 18.9 Å². The molecule has 0 saturated carbocycles. The summed E-state index contributed by atoms with van der Waals surface area (Å²) in [7, 11) is 1.69. The van der Waals surface area contributed by atoms with Gasteiger partial charge in [0.15, 0.2) is 0 Å².